The van der Waals surface area contributed by atoms with Gasteiger partial charge in [-0.15, -0.1) is 23.1 Å². The molecule has 4 N–H and O–H groups in total. The summed E-state index contributed by atoms with van der Waals surface area (Å²) in [5, 5.41) is 12.6. The molecule has 2 aliphatic rings. The first kappa shape index (κ1) is 17.8. The first-order valence-corrected chi connectivity index (χ1v) is 9.48. The van der Waals surface area contributed by atoms with E-state index in [1.54, 1.807) is 0 Å². The van der Waals surface area contributed by atoms with Gasteiger partial charge in [0.2, 0.25) is 0 Å². The third-order valence-corrected chi connectivity index (χ3v) is 6.08. The minimum Gasteiger partial charge on any atom is -0.477 e. The Balaban J connectivity index is 1.74. The quantitative estimate of drug-likeness (QED) is 0.226. The Morgan fingerprint density at radius 3 is 2.76 bits per heavy atom. The molecular weight excluding hydrogens is 388 g/mol. The minimum atomic E-state index is -1.22. The molecule has 2 unspecified atom stereocenters. The number of nitrogens with one attached hydrogen (secondary N) is 1. The molecule has 0 radical (unpaired) electrons. The van der Waals surface area contributed by atoms with Crippen LogP contribution in [0.1, 0.15) is 10.5 Å². The normalized spacial score (nSPS) is 22.3. The van der Waals surface area contributed by atoms with E-state index in [4.69, 9.17) is 5.73 Å². The number of carbonyl (C=O) groups is 4. The molecule has 12 heteroatoms. The summed E-state index contributed by atoms with van der Waals surface area (Å²) in [6.45, 7) is 0. The number of hydrogen-bond donors (Lipinski definition) is 4. The number of amides is 2. The average Bonchev–Trinajstić information content (AvgIpc) is 3.03. The first-order valence-electron chi connectivity index (χ1n) is 6.92. The van der Waals surface area contributed by atoms with Crippen LogP contribution in [0.5, 0.6) is 0 Å². The molecule has 0 saturated carbocycles. The van der Waals surface area contributed by atoms with E-state index in [9.17, 15) is 24.3 Å². The second-order valence-electron chi connectivity index (χ2n) is 5.18. The summed E-state index contributed by atoms with van der Waals surface area (Å²) in [7, 11) is 0. The molecule has 25 heavy (non-hydrogen) atoms. The zero-order valence-corrected chi connectivity index (χ0v) is 15.0. The third kappa shape index (κ3) is 3.00. The highest BCUT2D eigenvalue weighted by molar-refractivity contribution is 8.00. The van der Waals surface area contributed by atoms with Crippen molar-refractivity contribution in [1.29, 1.82) is 0 Å². The zero-order valence-electron chi connectivity index (χ0n) is 12.5. The molecule has 9 nitrogen and oxygen atoms in total. The number of thiazole rings is 1. The maximum Gasteiger partial charge on any atom is 0.352 e. The molecule has 0 spiro atoms. The number of carbonyl (C=O) groups excluding carboxylic acids is 3. The Labute approximate surface area is 155 Å². The fraction of sp³-hybridized carbons (Fsp3) is 0.308. The van der Waals surface area contributed by atoms with Crippen LogP contribution in [0.3, 0.4) is 0 Å². The summed E-state index contributed by atoms with van der Waals surface area (Å²) < 4.78 is 0. The van der Waals surface area contributed by atoms with Gasteiger partial charge in [-0.1, -0.05) is 0 Å². The number of ketones is 1. The molecule has 0 bridgehead atoms. The van der Waals surface area contributed by atoms with Crippen LogP contribution < -0.4 is 11.1 Å². The van der Waals surface area contributed by atoms with Crippen molar-refractivity contribution in [1.82, 2.24) is 15.2 Å². The molecule has 3 rings (SSSR count). The number of rotatable bonds is 5. The van der Waals surface area contributed by atoms with Crippen LogP contribution in [0, 0.1) is 0 Å². The van der Waals surface area contributed by atoms with Gasteiger partial charge in [0.25, 0.3) is 17.6 Å². The van der Waals surface area contributed by atoms with Crippen LogP contribution in [0.15, 0.2) is 16.7 Å². The standard InChI is InChI=1S/C13H12N4O5S3/c14-13-15-5(3-25-13)8(18)9(19)16-6-10(20)17-7(12(21)22)4(1-23)2-24-11(6)17/h3,6,11,23H,1-2H2,(H2,14,15)(H,16,19)(H,21,22). The Morgan fingerprint density at radius 2 is 2.20 bits per heavy atom. The zero-order chi connectivity index (χ0) is 18.3. The number of β-lactam (4-membered cyclic amide) rings is 1. The van der Waals surface area contributed by atoms with Gasteiger partial charge in [0.15, 0.2) is 5.13 Å². The van der Waals surface area contributed by atoms with Crippen LogP contribution >= 0.6 is 35.7 Å². The second kappa shape index (κ2) is 6.69. The van der Waals surface area contributed by atoms with Gasteiger partial charge in [-0.05, 0) is 5.57 Å². The molecule has 2 atom stereocenters. The smallest absolute Gasteiger partial charge is 0.352 e. The highest BCUT2D eigenvalue weighted by Gasteiger charge is 2.54. The van der Waals surface area contributed by atoms with Crippen LogP contribution in [0.25, 0.3) is 0 Å². The first-order chi connectivity index (χ1) is 11.8. The lowest BCUT2D eigenvalue weighted by atomic mass is 10.0. The minimum absolute atomic E-state index is 0.0941. The van der Waals surface area contributed by atoms with E-state index >= 15 is 0 Å². The van der Waals surface area contributed by atoms with Crippen LogP contribution in [0.2, 0.25) is 0 Å². The van der Waals surface area contributed by atoms with Crippen molar-refractivity contribution in [2.24, 2.45) is 0 Å². The molecule has 1 aromatic heterocycles. The van der Waals surface area contributed by atoms with Gasteiger partial charge in [-0.3, -0.25) is 19.3 Å². The van der Waals surface area contributed by atoms with Gasteiger partial charge in [-0.25, -0.2) is 9.78 Å². The van der Waals surface area contributed by atoms with E-state index in [-0.39, 0.29) is 22.3 Å². The Morgan fingerprint density at radius 1 is 1.48 bits per heavy atom. The number of thioether (sulfide) groups is 1. The number of thiol groups is 1. The summed E-state index contributed by atoms with van der Waals surface area (Å²) in [6.07, 6.45) is 0. The number of aromatic nitrogens is 1. The number of nitrogens with zero attached hydrogens (tertiary/aromatic N) is 2. The molecule has 3 heterocycles. The lowest BCUT2D eigenvalue weighted by Crippen LogP contribution is -2.71. The fourth-order valence-corrected chi connectivity index (χ4v) is 4.82. The van der Waals surface area contributed by atoms with E-state index in [0.717, 1.165) is 16.2 Å². The van der Waals surface area contributed by atoms with Gasteiger partial charge >= 0.3 is 5.97 Å². The number of anilines is 1. The van der Waals surface area contributed by atoms with Crippen molar-refractivity contribution < 1.29 is 24.3 Å². The van der Waals surface area contributed by atoms with Gasteiger partial charge in [0.1, 0.15) is 22.8 Å². The molecule has 1 aromatic rings. The number of aliphatic carboxylic acids is 1. The Hall–Kier alpha value is -2.05. The largest absolute Gasteiger partial charge is 0.477 e. The summed E-state index contributed by atoms with van der Waals surface area (Å²) in [6, 6.07) is -0.965. The van der Waals surface area contributed by atoms with E-state index < -0.39 is 35.0 Å². The molecule has 2 amide bonds. The molecule has 1 saturated heterocycles. The van der Waals surface area contributed by atoms with E-state index in [2.05, 4.69) is 22.9 Å². The maximum atomic E-state index is 12.3. The monoisotopic (exact) mass is 400 g/mol. The van der Waals surface area contributed by atoms with Crippen molar-refractivity contribution in [3.05, 3.63) is 22.3 Å². The fourth-order valence-electron chi connectivity index (χ4n) is 2.52. The predicted octanol–water partition coefficient (Wildman–Crippen LogP) is -0.424. The van der Waals surface area contributed by atoms with Crippen molar-refractivity contribution in [3.63, 3.8) is 0 Å². The maximum absolute atomic E-state index is 12.3. The van der Waals surface area contributed by atoms with Crippen LogP contribution in [0.4, 0.5) is 5.13 Å². The average molecular weight is 400 g/mol. The van der Waals surface area contributed by atoms with Gasteiger partial charge in [0, 0.05) is 16.9 Å². The predicted molar refractivity (Wildman–Crippen MR) is 94.4 cm³/mol. The summed E-state index contributed by atoms with van der Waals surface area (Å²) >= 11 is 6.41. The van der Waals surface area contributed by atoms with Crippen molar-refractivity contribution in [2.75, 3.05) is 17.2 Å². The summed E-state index contributed by atoms with van der Waals surface area (Å²) in [5.74, 6) is -3.09. The molecular formula is C13H12N4O5S3. The SMILES string of the molecule is Nc1nc(C(=O)C(=O)NC2C(=O)N3C(C(=O)O)=C(CS)CSC23)cs1. The topological polar surface area (TPSA) is 143 Å². The summed E-state index contributed by atoms with van der Waals surface area (Å²) in [5.41, 5.74) is 5.76. The van der Waals surface area contributed by atoms with Crippen molar-refractivity contribution >= 4 is 64.4 Å². The molecule has 1 fully saturated rings. The summed E-state index contributed by atoms with van der Waals surface area (Å²) in [4.78, 5) is 52.6. The highest BCUT2D eigenvalue weighted by atomic mass is 32.2. The van der Waals surface area contributed by atoms with Gasteiger partial charge < -0.3 is 16.2 Å². The molecule has 2 aliphatic heterocycles. The number of nitrogen functional groups attached to an aromatic ring is 1. The Bertz CT molecular complexity index is 820. The number of hydrogen-bond acceptors (Lipinski definition) is 9. The number of fused-ring (bicyclic) bond motifs is 1. The van der Waals surface area contributed by atoms with E-state index in [1.165, 1.54) is 17.1 Å². The third-order valence-electron chi connectivity index (χ3n) is 3.69. The van der Waals surface area contributed by atoms with Crippen molar-refractivity contribution in [2.45, 2.75) is 11.4 Å². The molecule has 132 valence electrons. The lowest BCUT2D eigenvalue weighted by Gasteiger charge is -2.49. The van der Waals surface area contributed by atoms with Crippen molar-refractivity contribution in [3.8, 4) is 0 Å². The molecule has 0 aliphatic carbocycles. The number of carboxylic acid groups (broad SMARTS) is 1. The van der Waals surface area contributed by atoms with E-state index in [0.29, 0.717) is 11.3 Å². The Kier molecular flexibility index (Phi) is 4.75. The van der Waals surface area contributed by atoms with Gasteiger partial charge in [0.05, 0.1) is 0 Å². The number of carboxylic acids is 1. The molecule has 0 aromatic carbocycles. The van der Waals surface area contributed by atoms with Crippen LogP contribution in [-0.2, 0) is 14.4 Å². The lowest BCUT2D eigenvalue weighted by molar-refractivity contribution is -0.150. The van der Waals surface area contributed by atoms with Crippen LogP contribution in [-0.4, -0.2) is 61.5 Å². The second-order valence-corrected chi connectivity index (χ2v) is 7.49. The van der Waals surface area contributed by atoms with Gasteiger partial charge in [-0.2, -0.15) is 12.6 Å². The highest BCUT2D eigenvalue weighted by Crippen LogP contribution is 2.40. The number of nitrogens with two attached hydrogens (primary N) is 1. The van der Waals surface area contributed by atoms with E-state index in [1.807, 2.05) is 0 Å². The number of Topliss-reactive ketones (excluding diaryl/α,β-unsaturated/α-hetero) is 1.